The third-order valence-electron chi connectivity index (χ3n) is 3.92. The molecule has 1 atom stereocenters. The van der Waals surface area contributed by atoms with E-state index in [2.05, 4.69) is 10.6 Å². The van der Waals surface area contributed by atoms with Crippen molar-refractivity contribution in [2.45, 2.75) is 12.5 Å². The summed E-state index contributed by atoms with van der Waals surface area (Å²) in [7, 11) is 0. The number of benzene rings is 2. The molecule has 2 aromatic rings. The Morgan fingerprint density at radius 1 is 1.10 bits per heavy atom. The molecular weight excluding hydrogens is 395 g/mol. The SMILES string of the molecule is CSCC[C@H](NC(=O)/C(=C\c1ccc(F)cc1)NC(=O)c1ccccc1)C(=O)O. The number of nitrogens with one attached hydrogen (secondary N) is 2. The number of carboxylic acid groups (broad SMARTS) is 1. The van der Waals surface area contributed by atoms with Crippen LogP contribution >= 0.6 is 11.8 Å². The van der Waals surface area contributed by atoms with Crippen LogP contribution in [0.4, 0.5) is 4.39 Å². The van der Waals surface area contributed by atoms with Gasteiger partial charge >= 0.3 is 5.97 Å². The number of halogens is 1. The molecule has 29 heavy (non-hydrogen) atoms. The van der Waals surface area contributed by atoms with E-state index in [1.165, 1.54) is 42.1 Å². The van der Waals surface area contributed by atoms with Crippen molar-refractivity contribution >= 4 is 35.6 Å². The number of thioether (sulfide) groups is 1. The molecule has 3 N–H and O–H groups in total. The van der Waals surface area contributed by atoms with E-state index in [0.29, 0.717) is 16.9 Å². The lowest BCUT2D eigenvalue weighted by Gasteiger charge is -2.16. The lowest BCUT2D eigenvalue weighted by Crippen LogP contribution is -2.44. The molecule has 0 unspecified atom stereocenters. The van der Waals surface area contributed by atoms with Gasteiger partial charge in [0.15, 0.2) is 0 Å². The minimum Gasteiger partial charge on any atom is -0.480 e. The first-order valence-corrected chi connectivity index (χ1v) is 10.2. The van der Waals surface area contributed by atoms with Gasteiger partial charge in [-0.1, -0.05) is 30.3 Å². The zero-order chi connectivity index (χ0) is 21.2. The summed E-state index contributed by atoms with van der Waals surface area (Å²) >= 11 is 1.46. The molecule has 0 radical (unpaired) electrons. The second-order valence-electron chi connectivity index (χ2n) is 6.08. The van der Waals surface area contributed by atoms with Gasteiger partial charge in [0.2, 0.25) is 0 Å². The molecule has 2 amide bonds. The van der Waals surface area contributed by atoms with Gasteiger partial charge in [0.25, 0.3) is 11.8 Å². The summed E-state index contributed by atoms with van der Waals surface area (Å²) in [6, 6.07) is 12.5. The van der Waals surface area contributed by atoms with Gasteiger partial charge in [-0.3, -0.25) is 9.59 Å². The normalized spacial score (nSPS) is 12.1. The Labute approximate surface area is 172 Å². The fraction of sp³-hybridized carbons (Fsp3) is 0.190. The third-order valence-corrected chi connectivity index (χ3v) is 4.57. The molecule has 0 aliphatic heterocycles. The summed E-state index contributed by atoms with van der Waals surface area (Å²) in [6.45, 7) is 0. The van der Waals surface area contributed by atoms with Crippen LogP contribution in [0.2, 0.25) is 0 Å². The average Bonchev–Trinajstić information content (AvgIpc) is 2.72. The third kappa shape index (κ3) is 7.08. The fourth-order valence-corrected chi connectivity index (χ4v) is 2.87. The number of hydrogen-bond acceptors (Lipinski definition) is 4. The van der Waals surface area contributed by atoms with Gasteiger partial charge in [-0.2, -0.15) is 11.8 Å². The van der Waals surface area contributed by atoms with Gasteiger partial charge in [0, 0.05) is 5.56 Å². The van der Waals surface area contributed by atoms with Gasteiger partial charge in [-0.25, -0.2) is 9.18 Å². The van der Waals surface area contributed by atoms with Crippen LogP contribution in [0.5, 0.6) is 0 Å². The van der Waals surface area contributed by atoms with Crippen LogP contribution in [0.15, 0.2) is 60.3 Å². The highest BCUT2D eigenvalue weighted by molar-refractivity contribution is 7.98. The largest absolute Gasteiger partial charge is 0.480 e. The molecule has 2 aromatic carbocycles. The summed E-state index contributed by atoms with van der Waals surface area (Å²) < 4.78 is 13.2. The highest BCUT2D eigenvalue weighted by Crippen LogP contribution is 2.10. The van der Waals surface area contributed by atoms with Crippen molar-refractivity contribution < 1.29 is 23.9 Å². The Morgan fingerprint density at radius 3 is 2.34 bits per heavy atom. The van der Waals surface area contributed by atoms with Crippen molar-refractivity contribution in [2.24, 2.45) is 0 Å². The minimum atomic E-state index is -1.16. The van der Waals surface area contributed by atoms with Crippen LogP contribution in [0.3, 0.4) is 0 Å². The lowest BCUT2D eigenvalue weighted by molar-refractivity contribution is -0.141. The molecule has 0 spiro atoms. The summed E-state index contributed by atoms with van der Waals surface area (Å²) in [6.07, 6.45) is 3.43. The van der Waals surface area contributed by atoms with Crippen molar-refractivity contribution in [1.82, 2.24) is 10.6 Å². The molecule has 0 aliphatic rings. The molecule has 8 heteroatoms. The Kier molecular flexibility index (Phi) is 8.42. The first-order valence-electron chi connectivity index (χ1n) is 8.77. The summed E-state index contributed by atoms with van der Waals surface area (Å²) in [4.78, 5) is 36.6. The van der Waals surface area contributed by atoms with Gasteiger partial charge in [0.1, 0.15) is 17.6 Å². The topological polar surface area (TPSA) is 95.5 Å². The zero-order valence-electron chi connectivity index (χ0n) is 15.7. The molecule has 2 rings (SSSR count). The summed E-state index contributed by atoms with van der Waals surface area (Å²) in [5, 5.41) is 14.3. The van der Waals surface area contributed by atoms with E-state index in [4.69, 9.17) is 0 Å². The molecule has 152 valence electrons. The Morgan fingerprint density at radius 2 is 1.76 bits per heavy atom. The van der Waals surface area contributed by atoms with Crippen LogP contribution < -0.4 is 10.6 Å². The standard InChI is InChI=1S/C21H21FN2O4S/c1-29-12-11-17(21(27)28)23-20(26)18(13-14-7-9-16(22)10-8-14)24-19(25)15-5-3-2-4-6-15/h2-10,13,17H,11-12H2,1H3,(H,23,26)(H,24,25)(H,27,28)/b18-13+/t17-/m0/s1. The van der Waals surface area contributed by atoms with Gasteiger partial charge in [-0.15, -0.1) is 0 Å². The number of hydrogen-bond donors (Lipinski definition) is 3. The van der Waals surface area contributed by atoms with Gasteiger partial charge in [0.05, 0.1) is 0 Å². The maximum atomic E-state index is 13.2. The maximum Gasteiger partial charge on any atom is 0.326 e. The number of carbonyl (C=O) groups is 3. The van der Waals surface area contributed by atoms with E-state index in [1.807, 2.05) is 6.26 Å². The van der Waals surface area contributed by atoms with Crippen molar-refractivity contribution in [3.05, 3.63) is 77.2 Å². The quantitative estimate of drug-likeness (QED) is 0.547. The molecule has 0 aromatic heterocycles. The van der Waals surface area contributed by atoms with Crippen molar-refractivity contribution in [2.75, 3.05) is 12.0 Å². The highest BCUT2D eigenvalue weighted by Gasteiger charge is 2.22. The van der Waals surface area contributed by atoms with Crippen molar-refractivity contribution in [3.63, 3.8) is 0 Å². The monoisotopic (exact) mass is 416 g/mol. The van der Waals surface area contributed by atoms with Crippen LogP contribution in [-0.4, -0.2) is 40.9 Å². The van der Waals surface area contributed by atoms with E-state index in [1.54, 1.807) is 30.3 Å². The maximum absolute atomic E-state index is 13.2. The predicted octanol–water partition coefficient (Wildman–Crippen LogP) is 2.92. The number of carboxylic acids is 1. The number of rotatable bonds is 9. The molecule has 0 saturated heterocycles. The molecule has 0 fully saturated rings. The lowest BCUT2D eigenvalue weighted by atomic mass is 10.1. The Bertz CT molecular complexity index is 885. The molecule has 0 saturated carbocycles. The second kappa shape index (κ2) is 11.0. The Hall–Kier alpha value is -3.13. The molecule has 0 heterocycles. The van der Waals surface area contributed by atoms with Crippen molar-refractivity contribution in [1.29, 1.82) is 0 Å². The van der Waals surface area contributed by atoms with E-state index >= 15 is 0 Å². The molecular formula is C21H21FN2O4S. The van der Waals surface area contributed by atoms with Crippen molar-refractivity contribution in [3.8, 4) is 0 Å². The van der Waals surface area contributed by atoms with Crippen LogP contribution in [0.25, 0.3) is 6.08 Å². The van der Waals surface area contributed by atoms with E-state index < -0.39 is 29.6 Å². The van der Waals surface area contributed by atoms with Gasteiger partial charge in [-0.05, 0) is 54.3 Å². The number of aliphatic carboxylic acids is 1. The van der Waals surface area contributed by atoms with Crippen LogP contribution in [0, 0.1) is 5.82 Å². The number of carbonyl (C=O) groups excluding carboxylic acids is 2. The van der Waals surface area contributed by atoms with Crippen LogP contribution in [0.1, 0.15) is 22.3 Å². The van der Waals surface area contributed by atoms with Crippen LogP contribution in [-0.2, 0) is 9.59 Å². The molecule has 0 bridgehead atoms. The van der Waals surface area contributed by atoms with E-state index in [9.17, 15) is 23.9 Å². The first kappa shape index (κ1) is 22.2. The smallest absolute Gasteiger partial charge is 0.326 e. The summed E-state index contributed by atoms with van der Waals surface area (Å²) in [5.74, 6) is -2.32. The molecule has 6 nitrogen and oxygen atoms in total. The predicted molar refractivity (Wildman–Crippen MR) is 111 cm³/mol. The average molecular weight is 416 g/mol. The Balaban J connectivity index is 2.27. The highest BCUT2D eigenvalue weighted by atomic mass is 32.2. The van der Waals surface area contributed by atoms with E-state index in [0.717, 1.165) is 0 Å². The second-order valence-corrected chi connectivity index (χ2v) is 7.06. The van der Waals surface area contributed by atoms with E-state index in [-0.39, 0.29) is 12.1 Å². The minimum absolute atomic E-state index is 0.138. The first-order chi connectivity index (χ1) is 13.9. The molecule has 0 aliphatic carbocycles. The number of amides is 2. The zero-order valence-corrected chi connectivity index (χ0v) is 16.5. The van der Waals surface area contributed by atoms with Gasteiger partial charge < -0.3 is 15.7 Å². The summed E-state index contributed by atoms with van der Waals surface area (Å²) in [5.41, 5.74) is 0.671. The fourth-order valence-electron chi connectivity index (χ4n) is 2.40.